The summed E-state index contributed by atoms with van der Waals surface area (Å²) in [6.07, 6.45) is 0. The van der Waals surface area contributed by atoms with Gasteiger partial charge in [-0.1, -0.05) is 0 Å². The van der Waals surface area contributed by atoms with E-state index in [1.165, 1.54) is 46.1 Å². The van der Waals surface area contributed by atoms with Gasteiger partial charge < -0.3 is 0 Å². The predicted molar refractivity (Wildman–Crippen MR) is 265 cm³/mol. The summed E-state index contributed by atoms with van der Waals surface area (Å²) < 4.78 is -1.11. The van der Waals surface area contributed by atoms with Gasteiger partial charge in [-0.15, -0.1) is 141 Å². The van der Waals surface area contributed by atoms with Crippen LogP contribution in [0.2, 0.25) is 0 Å². The van der Waals surface area contributed by atoms with E-state index in [0.29, 0.717) is 0 Å². The number of hydrogen-bond donors (Lipinski definition) is 0. The Labute approximate surface area is 395 Å². The van der Waals surface area contributed by atoms with Gasteiger partial charge in [0.2, 0.25) is 0 Å². The van der Waals surface area contributed by atoms with Crippen LogP contribution >= 0.6 is 141 Å². The SMILES string of the molecule is CC(=O)c1c2c(c(C(c3c4c(c(C(C)=O)c5c3SC(C)(C)S5)SC(C)(C)S4)c3c4c(c(C(C)=O)c5c3SC(C)(C)S5)SC(C)(C)S4)c3c1SC(C)(C)S3)SC(C)(C)S2. The molecule has 0 N–H and O–H groups in total. The van der Waals surface area contributed by atoms with E-state index in [1.54, 1.807) is 20.8 Å². The molecule has 58 heavy (non-hydrogen) atoms. The Balaban J connectivity index is 1.53. The zero-order valence-electron chi connectivity index (χ0n) is 35.2. The minimum absolute atomic E-state index is 0.122. The van der Waals surface area contributed by atoms with Crippen molar-refractivity contribution in [3.8, 4) is 0 Å². The molecule has 9 rings (SSSR count). The summed E-state index contributed by atoms with van der Waals surface area (Å²) in [5.74, 6) is 0.138. The molecule has 0 fully saturated rings. The van der Waals surface area contributed by atoms with Crippen LogP contribution in [-0.2, 0) is 0 Å². The van der Waals surface area contributed by atoms with Crippen LogP contribution in [0, 0.1) is 0 Å². The Morgan fingerprint density at radius 2 is 0.431 bits per heavy atom. The average molecular weight is 996 g/mol. The number of rotatable bonds is 6. The molecule has 0 spiro atoms. The lowest BCUT2D eigenvalue weighted by Gasteiger charge is -2.32. The Morgan fingerprint density at radius 1 is 0.293 bits per heavy atom. The first-order chi connectivity index (χ1) is 26.6. The van der Waals surface area contributed by atoms with Crippen LogP contribution in [0.4, 0.5) is 0 Å². The molecule has 0 atom stereocenters. The van der Waals surface area contributed by atoms with Gasteiger partial charge in [0.05, 0.1) is 24.5 Å². The molecule has 308 valence electrons. The molecule has 0 amide bonds. The third kappa shape index (κ3) is 7.21. The number of carbonyl (C=O) groups excluding carboxylic acids is 3. The van der Waals surface area contributed by atoms with Gasteiger partial charge in [0.15, 0.2) is 17.3 Å². The lowest BCUT2D eigenvalue weighted by atomic mass is 9.82. The Kier molecular flexibility index (Phi) is 10.8. The normalized spacial score (nSPS) is 22.8. The maximum Gasteiger partial charge on any atom is 0.162 e. The van der Waals surface area contributed by atoms with Crippen LogP contribution in [0.3, 0.4) is 0 Å². The van der Waals surface area contributed by atoms with E-state index < -0.39 is 0 Å². The first-order valence-corrected chi connectivity index (χ1v) is 28.9. The first kappa shape index (κ1) is 44.1. The predicted octanol–water partition coefficient (Wildman–Crippen LogP) is 17.1. The molecule has 3 nitrogen and oxygen atoms in total. The van der Waals surface area contributed by atoms with Gasteiger partial charge in [0, 0.05) is 81.4 Å². The van der Waals surface area contributed by atoms with Crippen molar-refractivity contribution < 1.29 is 14.4 Å². The van der Waals surface area contributed by atoms with E-state index in [9.17, 15) is 14.4 Å². The highest BCUT2D eigenvalue weighted by molar-refractivity contribution is 8.23. The monoisotopic (exact) mass is 994 g/mol. The largest absolute Gasteiger partial charge is 0.294 e. The van der Waals surface area contributed by atoms with Gasteiger partial charge in [-0.05, 0) is 121 Å². The molecule has 0 aliphatic carbocycles. The summed E-state index contributed by atoms with van der Waals surface area (Å²) in [6.45, 7) is 32.8. The number of thioether (sulfide) groups is 12. The minimum Gasteiger partial charge on any atom is -0.294 e. The molecule has 6 aliphatic rings. The lowest BCUT2D eigenvalue weighted by molar-refractivity contribution is 0.0998. The quantitative estimate of drug-likeness (QED) is 0.174. The van der Waals surface area contributed by atoms with Crippen molar-refractivity contribution in [2.45, 2.75) is 193 Å². The zero-order valence-corrected chi connectivity index (χ0v) is 45.0. The summed E-state index contributed by atoms with van der Waals surface area (Å²) in [4.78, 5) is 56.0. The van der Waals surface area contributed by atoms with Crippen molar-refractivity contribution in [1.29, 1.82) is 0 Å². The van der Waals surface area contributed by atoms with Crippen molar-refractivity contribution >= 4 is 158 Å². The smallest absolute Gasteiger partial charge is 0.162 e. The van der Waals surface area contributed by atoms with Crippen molar-refractivity contribution in [3.63, 3.8) is 0 Å². The molecule has 0 bridgehead atoms. The molecule has 6 heterocycles. The third-order valence-corrected chi connectivity index (χ3v) is 27.3. The van der Waals surface area contributed by atoms with Crippen LogP contribution in [-0.4, -0.2) is 41.8 Å². The summed E-state index contributed by atoms with van der Waals surface area (Å²) in [5.41, 5.74) is 6.53. The second-order valence-electron chi connectivity index (χ2n) is 18.0. The Morgan fingerprint density at radius 3 is 0.569 bits per heavy atom. The number of hydrogen-bond acceptors (Lipinski definition) is 15. The van der Waals surface area contributed by atoms with Gasteiger partial charge in [0.1, 0.15) is 0 Å². The second-order valence-corrected chi connectivity index (χ2v) is 39.2. The summed E-state index contributed by atoms with van der Waals surface area (Å²) in [7, 11) is 0. The Hall–Kier alpha value is 0.870. The number of fused-ring (bicyclic) bond motifs is 6. The molecule has 0 aromatic heterocycles. The van der Waals surface area contributed by atoms with Crippen LogP contribution in [0.5, 0.6) is 0 Å². The number of benzene rings is 3. The van der Waals surface area contributed by atoms with Crippen molar-refractivity contribution in [3.05, 3.63) is 33.4 Å². The van der Waals surface area contributed by atoms with E-state index in [0.717, 1.165) is 46.1 Å². The standard InChI is InChI=1S/C43H46O3S12/c1-16(44)19-26-32(53-38(4,5)47-26)23(33-27(19)48-39(6,7)54-33)22(24-34-28(49-40(8,9)55-34)20(17(2)45)29-35(24)56-41(10,11)50-29)25-36-30(51-42(12,13)57-36)21(18(3)46)31-37(25)58-43(14,15)52-31/h22H,1-15H3. The highest BCUT2D eigenvalue weighted by Gasteiger charge is 2.53. The fourth-order valence-corrected chi connectivity index (χ4v) is 26.7. The van der Waals surface area contributed by atoms with Gasteiger partial charge >= 0.3 is 0 Å². The highest BCUT2D eigenvalue weighted by Crippen LogP contribution is 2.74. The van der Waals surface area contributed by atoms with Crippen LogP contribution in [0.25, 0.3) is 0 Å². The van der Waals surface area contributed by atoms with E-state index in [-0.39, 0.29) is 47.7 Å². The molecular formula is C43H46O3S12. The summed E-state index contributed by atoms with van der Waals surface area (Å²) >= 11 is 22.6. The van der Waals surface area contributed by atoms with Gasteiger partial charge in [0.25, 0.3) is 0 Å². The van der Waals surface area contributed by atoms with Crippen molar-refractivity contribution in [2.24, 2.45) is 0 Å². The van der Waals surface area contributed by atoms with Gasteiger partial charge in [-0.2, -0.15) is 0 Å². The van der Waals surface area contributed by atoms with Gasteiger partial charge in [-0.25, -0.2) is 0 Å². The summed E-state index contributed by atoms with van der Waals surface area (Å²) in [6, 6.07) is 0. The van der Waals surface area contributed by atoms with E-state index in [4.69, 9.17) is 0 Å². The second kappa shape index (κ2) is 14.2. The fourth-order valence-electron chi connectivity index (χ4n) is 8.48. The fraction of sp³-hybridized carbons (Fsp3) is 0.512. The number of carbonyl (C=O) groups is 3. The van der Waals surface area contributed by atoms with Crippen molar-refractivity contribution in [1.82, 2.24) is 0 Å². The maximum atomic E-state index is 14.0. The molecular weight excluding hydrogens is 949 g/mol. The number of ketones is 3. The van der Waals surface area contributed by atoms with E-state index in [1.807, 2.05) is 141 Å². The molecule has 0 saturated heterocycles. The molecule has 3 aromatic rings. The van der Waals surface area contributed by atoms with Crippen LogP contribution in [0.1, 0.15) is 158 Å². The lowest BCUT2D eigenvalue weighted by Crippen LogP contribution is -2.16. The average Bonchev–Trinajstić information content (AvgIpc) is 3.84. The minimum atomic E-state index is -0.229. The van der Waals surface area contributed by atoms with Crippen LogP contribution in [0.15, 0.2) is 58.7 Å². The Bertz CT molecular complexity index is 2070. The van der Waals surface area contributed by atoms with E-state index in [2.05, 4.69) is 83.1 Å². The van der Waals surface area contributed by atoms with Crippen molar-refractivity contribution in [2.75, 3.05) is 0 Å². The zero-order chi connectivity index (χ0) is 42.2. The molecule has 15 heteroatoms. The molecule has 3 aromatic carbocycles. The van der Waals surface area contributed by atoms with Gasteiger partial charge in [-0.3, -0.25) is 14.4 Å². The maximum absolute atomic E-state index is 14.0. The molecule has 6 aliphatic heterocycles. The first-order valence-electron chi connectivity index (χ1n) is 19.1. The number of Topliss-reactive ketones (excluding diaryl/α,β-unsaturated/α-hetero) is 3. The van der Waals surface area contributed by atoms with Crippen LogP contribution < -0.4 is 0 Å². The molecule has 0 unspecified atom stereocenters. The van der Waals surface area contributed by atoms with E-state index >= 15 is 0 Å². The highest BCUT2D eigenvalue weighted by atomic mass is 32.2. The topological polar surface area (TPSA) is 51.2 Å². The summed E-state index contributed by atoms with van der Waals surface area (Å²) in [5, 5.41) is 0. The molecule has 0 saturated carbocycles. The molecule has 0 radical (unpaired) electrons. The third-order valence-electron chi connectivity index (χ3n) is 10.2.